The number of carbonyl (C=O) groups excluding carboxylic acids is 1. The van der Waals surface area contributed by atoms with Gasteiger partial charge in [-0.15, -0.1) is 0 Å². The van der Waals surface area contributed by atoms with E-state index < -0.39 is 0 Å². The predicted octanol–water partition coefficient (Wildman–Crippen LogP) is 1.67. The van der Waals surface area contributed by atoms with Crippen LogP contribution in [0.15, 0.2) is 0 Å². The van der Waals surface area contributed by atoms with Gasteiger partial charge in [-0.2, -0.15) is 4.37 Å². The van der Waals surface area contributed by atoms with Crippen LogP contribution in [-0.2, 0) is 4.79 Å². The molecule has 0 bridgehead atoms. The van der Waals surface area contributed by atoms with Gasteiger partial charge in [0.1, 0.15) is 10.8 Å². The lowest BCUT2D eigenvalue weighted by atomic mass is 10.2. The molecule has 0 saturated heterocycles. The van der Waals surface area contributed by atoms with Crippen LogP contribution in [0.5, 0.6) is 0 Å². The quantitative estimate of drug-likeness (QED) is 0.645. The minimum Gasteiger partial charge on any atom is -0.383 e. The van der Waals surface area contributed by atoms with Crippen LogP contribution >= 0.6 is 11.5 Å². The lowest BCUT2D eigenvalue weighted by Gasteiger charge is -2.05. The van der Waals surface area contributed by atoms with Crippen molar-refractivity contribution in [1.29, 1.82) is 0 Å². The van der Waals surface area contributed by atoms with Crippen molar-refractivity contribution < 1.29 is 4.79 Å². The summed E-state index contributed by atoms with van der Waals surface area (Å²) >= 11 is 1.43. The van der Waals surface area contributed by atoms with Crippen molar-refractivity contribution in [2.45, 2.75) is 38.0 Å². The van der Waals surface area contributed by atoms with E-state index in [-0.39, 0.29) is 5.91 Å². The van der Waals surface area contributed by atoms with E-state index in [2.05, 4.69) is 9.69 Å². The summed E-state index contributed by atoms with van der Waals surface area (Å²) in [4.78, 5) is 10.6. The minimum atomic E-state index is -0.231. The Balaban J connectivity index is 1.77. The summed E-state index contributed by atoms with van der Waals surface area (Å²) in [7, 11) is 0. The van der Waals surface area contributed by atoms with Crippen molar-refractivity contribution >= 4 is 28.3 Å². The smallest absolute Gasteiger partial charge is 0.217 e. The number of primary amides is 1. The molecule has 0 radical (unpaired) electrons. The Kier molecular flexibility index (Phi) is 3.83. The zero-order valence-electron chi connectivity index (χ0n) is 9.74. The third kappa shape index (κ3) is 3.33. The van der Waals surface area contributed by atoms with E-state index >= 15 is 0 Å². The van der Waals surface area contributed by atoms with Crippen LogP contribution in [-0.4, -0.2) is 16.8 Å². The van der Waals surface area contributed by atoms with E-state index in [1.54, 1.807) is 0 Å². The third-order valence-electron chi connectivity index (χ3n) is 2.88. The Hall–Kier alpha value is -1.30. The number of hydrogen-bond acceptors (Lipinski definition) is 5. The fourth-order valence-electron chi connectivity index (χ4n) is 1.83. The van der Waals surface area contributed by atoms with Gasteiger partial charge in [-0.3, -0.25) is 4.79 Å². The Labute approximate surface area is 105 Å². The Morgan fingerprint density at radius 1 is 1.47 bits per heavy atom. The van der Waals surface area contributed by atoms with E-state index in [1.807, 2.05) is 0 Å². The summed E-state index contributed by atoms with van der Waals surface area (Å²) < 4.78 is 4.19. The highest BCUT2D eigenvalue weighted by molar-refractivity contribution is 7.10. The third-order valence-corrected chi connectivity index (χ3v) is 3.71. The van der Waals surface area contributed by atoms with E-state index in [9.17, 15) is 4.79 Å². The van der Waals surface area contributed by atoms with Gasteiger partial charge in [-0.1, -0.05) is 0 Å². The van der Waals surface area contributed by atoms with Gasteiger partial charge in [-0.05, 0) is 43.1 Å². The summed E-state index contributed by atoms with van der Waals surface area (Å²) in [5, 5.41) is 4.45. The molecule has 0 aliphatic heterocycles. The number of aromatic nitrogens is 1. The molecule has 1 heterocycles. The van der Waals surface area contributed by atoms with Crippen molar-refractivity contribution in [3.63, 3.8) is 0 Å². The molecule has 0 aromatic carbocycles. The molecule has 0 unspecified atom stereocenters. The first kappa shape index (κ1) is 12.2. The Morgan fingerprint density at radius 2 is 2.24 bits per heavy atom. The molecule has 1 aliphatic rings. The average molecular weight is 254 g/mol. The fourth-order valence-corrected chi connectivity index (χ4v) is 2.65. The number of rotatable bonds is 7. The monoisotopic (exact) mass is 254 g/mol. The molecule has 6 heteroatoms. The lowest BCUT2D eigenvalue weighted by Crippen LogP contribution is -2.11. The molecule has 0 spiro atoms. The van der Waals surface area contributed by atoms with E-state index in [4.69, 9.17) is 11.5 Å². The molecule has 17 heavy (non-hydrogen) atoms. The highest BCUT2D eigenvalue weighted by Gasteiger charge is 2.30. The van der Waals surface area contributed by atoms with Gasteiger partial charge >= 0.3 is 0 Å². The molecule has 1 fully saturated rings. The molecule has 94 valence electrons. The number of unbranched alkanes of at least 4 members (excludes halogenated alkanes) is 1. The summed E-state index contributed by atoms with van der Waals surface area (Å²) in [6, 6.07) is 0. The molecule has 1 aliphatic carbocycles. The number of anilines is 2. The van der Waals surface area contributed by atoms with Crippen LogP contribution in [0.4, 0.5) is 10.8 Å². The van der Waals surface area contributed by atoms with Gasteiger partial charge in [0.25, 0.3) is 0 Å². The van der Waals surface area contributed by atoms with Gasteiger partial charge in [0, 0.05) is 18.5 Å². The summed E-state index contributed by atoms with van der Waals surface area (Å²) in [5.41, 5.74) is 12.1. The van der Waals surface area contributed by atoms with Crippen molar-refractivity contribution in [1.82, 2.24) is 4.37 Å². The number of carbonyl (C=O) groups is 1. The van der Waals surface area contributed by atoms with Crippen LogP contribution in [0, 0.1) is 0 Å². The maximum atomic E-state index is 10.6. The highest BCUT2D eigenvalue weighted by Crippen LogP contribution is 2.47. The Bertz CT molecular complexity index is 400. The van der Waals surface area contributed by atoms with Crippen molar-refractivity contribution in [3.8, 4) is 0 Å². The zero-order valence-corrected chi connectivity index (χ0v) is 10.6. The molecule has 1 amide bonds. The molecule has 0 atom stereocenters. The normalized spacial score (nSPS) is 14.8. The number of nitrogens with zero attached hydrogens (tertiary/aromatic N) is 1. The average Bonchev–Trinajstić information content (AvgIpc) is 3.03. The molecular formula is C11H18N4OS. The predicted molar refractivity (Wildman–Crippen MR) is 70.0 cm³/mol. The zero-order chi connectivity index (χ0) is 12.3. The van der Waals surface area contributed by atoms with Gasteiger partial charge in [0.15, 0.2) is 0 Å². The highest BCUT2D eigenvalue weighted by atomic mass is 32.1. The van der Waals surface area contributed by atoms with Crippen LogP contribution in [0.25, 0.3) is 0 Å². The van der Waals surface area contributed by atoms with Crippen LogP contribution < -0.4 is 16.8 Å². The van der Waals surface area contributed by atoms with Crippen molar-refractivity contribution in [3.05, 3.63) is 5.56 Å². The molecule has 5 nitrogen and oxygen atoms in total. The topological polar surface area (TPSA) is 94.0 Å². The van der Waals surface area contributed by atoms with Gasteiger partial charge < -0.3 is 16.8 Å². The number of nitrogens with one attached hydrogen (secondary N) is 1. The van der Waals surface area contributed by atoms with Crippen LogP contribution in [0.2, 0.25) is 0 Å². The molecule has 2 rings (SSSR count). The largest absolute Gasteiger partial charge is 0.383 e. The maximum absolute atomic E-state index is 10.6. The van der Waals surface area contributed by atoms with Gasteiger partial charge in [0.05, 0.1) is 0 Å². The van der Waals surface area contributed by atoms with E-state index in [0.717, 1.165) is 24.4 Å². The number of nitrogens with two attached hydrogens (primary N) is 2. The molecule has 1 aromatic rings. The number of hydrogen-bond donors (Lipinski definition) is 3. The maximum Gasteiger partial charge on any atom is 0.217 e. The second kappa shape index (κ2) is 5.35. The van der Waals surface area contributed by atoms with E-state index in [1.165, 1.54) is 29.9 Å². The SMILES string of the molecule is NC(=O)CCCCNc1snc(N)c1C1CC1. The van der Waals surface area contributed by atoms with Crippen molar-refractivity contribution in [2.24, 2.45) is 5.73 Å². The molecule has 1 saturated carbocycles. The van der Waals surface area contributed by atoms with Crippen LogP contribution in [0.3, 0.4) is 0 Å². The molecular weight excluding hydrogens is 236 g/mol. The first-order valence-electron chi connectivity index (χ1n) is 5.95. The first-order valence-corrected chi connectivity index (χ1v) is 6.73. The lowest BCUT2D eigenvalue weighted by molar-refractivity contribution is -0.118. The standard InChI is InChI=1S/C11H18N4OS/c12-8(16)3-1-2-6-14-11-9(7-4-5-7)10(13)15-17-11/h7,14H,1-6H2,(H2,12,16)(H2,13,15). The second-order valence-electron chi connectivity index (χ2n) is 4.44. The van der Waals surface area contributed by atoms with Crippen LogP contribution in [0.1, 0.15) is 43.6 Å². The molecule has 1 aromatic heterocycles. The summed E-state index contributed by atoms with van der Waals surface area (Å²) in [5.74, 6) is 1.06. The summed E-state index contributed by atoms with van der Waals surface area (Å²) in [6.07, 6.45) is 4.67. The van der Waals surface area contributed by atoms with Gasteiger partial charge in [0.2, 0.25) is 5.91 Å². The summed E-state index contributed by atoms with van der Waals surface area (Å²) in [6.45, 7) is 0.842. The van der Waals surface area contributed by atoms with E-state index in [0.29, 0.717) is 18.2 Å². The first-order chi connectivity index (χ1) is 8.18. The fraction of sp³-hybridized carbons (Fsp3) is 0.636. The second-order valence-corrected chi connectivity index (χ2v) is 5.21. The molecule has 5 N–H and O–H groups in total. The Morgan fingerprint density at radius 3 is 2.88 bits per heavy atom. The minimum absolute atomic E-state index is 0.231. The number of nitrogen functional groups attached to an aromatic ring is 1. The number of amides is 1. The van der Waals surface area contributed by atoms with Gasteiger partial charge in [-0.25, -0.2) is 0 Å². The van der Waals surface area contributed by atoms with Crippen molar-refractivity contribution in [2.75, 3.05) is 17.6 Å².